The Labute approximate surface area is 303 Å². The summed E-state index contributed by atoms with van der Waals surface area (Å²) in [6.45, 7) is 2.60. The highest BCUT2D eigenvalue weighted by molar-refractivity contribution is 6.06. The molecule has 0 amide bonds. The van der Waals surface area contributed by atoms with Crippen LogP contribution in [0.4, 0.5) is 0 Å². The molecule has 51 heavy (non-hydrogen) atoms. The molecule has 1 unspecified atom stereocenters. The lowest BCUT2D eigenvalue weighted by atomic mass is 9.89. The lowest BCUT2D eigenvalue weighted by molar-refractivity contribution is -0.124. The van der Waals surface area contributed by atoms with Crippen molar-refractivity contribution in [2.75, 3.05) is 20.4 Å². The van der Waals surface area contributed by atoms with Crippen molar-refractivity contribution >= 4 is 17.6 Å². The molecule has 2 atom stereocenters. The van der Waals surface area contributed by atoms with Crippen molar-refractivity contribution in [1.29, 1.82) is 0 Å². The number of dihydropyridines is 1. The number of aliphatic hydroxyl groups is 1. The maximum absolute atomic E-state index is 12.8. The number of hydrogen-bond acceptors (Lipinski definition) is 8. The summed E-state index contributed by atoms with van der Waals surface area (Å²) in [4.78, 5) is 25.4. The number of rotatable bonds is 22. The average Bonchev–Trinajstić information content (AvgIpc) is 3.12. The molecule has 0 bridgehead atoms. The van der Waals surface area contributed by atoms with Crippen LogP contribution in [0.1, 0.15) is 79.7 Å². The molecule has 6 N–H and O–H groups in total. The lowest BCUT2D eigenvalue weighted by Gasteiger charge is -2.23. The van der Waals surface area contributed by atoms with Crippen LogP contribution in [0.5, 0.6) is 11.5 Å². The van der Waals surface area contributed by atoms with Gasteiger partial charge in [0.05, 0.1) is 12.6 Å². The number of nitrogens with two attached hydrogens (primary N) is 1. The molecule has 0 radical (unpaired) electrons. The van der Waals surface area contributed by atoms with E-state index in [4.69, 9.17) is 10.5 Å². The first-order valence-corrected chi connectivity index (χ1v) is 18.2. The van der Waals surface area contributed by atoms with Gasteiger partial charge in [0.1, 0.15) is 5.78 Å². The first-order valence-electron chi connectivity index (χ1n) is 18.2. The number of benzene rings is 3. The molecule has 0 saturated carbocycles. The average molecular weight is 694 g/mol. The van der Waals surface area contributed by atoms with Gasteiger partial charge >= 0.3 is 0 Å². The fraction of sp³-hybridized carbons (Fsp3) is 0.395. The highest BCUT2D eigenvalue weighted by Crippen LogP contribution is 2.34. The Hall–Kier alpha value is -4.50. The highest BCUT2D eigenvalue weighted by atomic mass is 16.6. The predicted octanol–water partition coefficient (Wildman–Crippen LogP) is 6.73. The number of allylic oxidation sites excluding steroid dienone is 3. The molecular formula is C43H55N3O5. The Kier molecular flexibility index (Phi) is 16.2. The van der Waals surface area contributed by atoms with Gasteiger partial charge in [-0.3, -0.25) is 9.59 Å². The number of ketones is 2. The molecule has 1 aliphatic rings. The Morgan fingerprint density at radius 2 is 1.67 bits per heavy atom. The zero-order chi connectivity index (χ0) is 36.4. The monoisotopic (exact) mass is 693 g/mol. The van der Waals surface area contributed by atoms with Gasteiger partial charge in [-0.25, -0.2) is 0 Å². The second-order valence-corrected chi connectivity index (χ2v) is 13.6. The number of ether oxygens (including phenoxy) is 1. The minimum absolute atomic E-state index is 0.0607. The third-order valence-electron chi connectivity index (χ3n) is 9.31. The standard InChI is InChI=1S/C43H55N3O5/c1-31(28-45-2)10-5-3-8-15-39(48)27-40(49)21-20-35-25-42(51-30-47)41(50)24-37(35)23-38-29-46-43(44)26-36(38)19-18-34-14-9-13-33(22-34)17-16-32-11-6-4-7-12-32/h4,6-7,9,11-14,20-22,24-26,29,31,43,45-47,50H,3,5,8,10,15-19,23,27-28,30,44H2,1-2H3/b21-20+/t31-,43?/m1/s1. The molecular weight excluding hydrogens is 638 g/mol. The van der Waals surface area contributed by atoms with Crippen molar-refractivity contribution in [3.8, 4) is 11.5 Å². The maximum Gasteiger partial charge on any atom is 0.186 e. The third-order valence-corrected chi connectivity index (χ3v) is 9.31. The summed E-state index contributed by atoms with van der Waals surface area (Å²) in [5.74, 6) is 0.262. The van der Waals surface area contributed by atoms with Crippen molar-refractivity contribution < 1.29 is 24.5 Å². The summed E-state index contributed by atoms with van der Waals surface area (Å²) in [5.41, 5.74) is 13.7. The number of aryl methyl sites for hydroxylation is 3. The van der Waals surface area contributed by atoms with E-state index < -0.39 is 6.79 Å². The highest BCUT2D eigenvalue weighted by Gasteiger charge is 2.17. The molecule has 0 saturated heterocycles. The van der Waals surface area contributed by atoms with Crippen molar-refractivity contribution in [3.05, 3.63) is 124 Å². The van der Waals surface area contributed by atoms with Gasteiger partial charge in [-0.15, -0.1) is 0 Å². The maximum atomic E-state index is 12.8. The van der Waals surface area contributed by atoms with Gasteiger partial charge in [0.15, 0.2) is 24.1 Å². The van der Waals surface area contributed by atoms with E-state index in [0.29, 0.717) is 24.3 Å². The third kappa shape index (κ3) is 13.6. The van der Waals surface area contributed by atoms with Crippen LogP contribution in [0.15, 0.2) is 96.2 Å². The number of phenols is 1. The van der Waals surface area contributed by atoms with Gasteiger partial charge in [0.25, 0.3) is 0 Å². The molecule has 272 valence electrons. The van der Waals surface area contributed by atoms with E-state index >= 15 is 0 Å². The van der Waals surface area contributed by atoms with Gasteiger partial charge < -0.3 is 31.3 Å². The van der Waals surface area contributed by atoms with Gasteiger partial charge in [-0.05, 0) is 128 Å². The van der Waals surface area contributed by atoms with Crippen LogP contribution in [-0.4, -0.2) is 48.3 Å². The fourth-order valence-corrected chi connectivity index (χ4v) is 6.52. The Bertz CT molecular complexity index is 1660. The molecule has 8 nitrogen and oxygen atoms in total. The molecule has 1 heterocycles. The van der Waals surface area contributed by atoms with Crippen molar-refractivity contribution in [2.24, 2.45) is 11.7 Å². The molecule has 0 fully saturated rings. The van der Waals surface area contributed by atoms with Crippen LogP contribution < -0.4 is 21.1 Å². The Morgan fingerprint density at radius 3 is 2.41 bits per heavy atom. The zero-order valence-corrected chi connectivity index (χ0v) is 30.2. The quantitative estimate of drug-likeness (QED) is 0.0339. The number of hydrogen-bond donors (Lipinski definition) is 5. The number of carbonyl (C=O) groups is 2. The second kappa shape index (κ2) is 21.0. The number of phenolic OH excluding ortho intramolecular Hbond substituents is 1. The largest absolute Gasteiger partial charge is 0.504 e. The van der Waals surface area contributed by atoms with E-state index in [0.717, 1.165) is 74.6 Å². The normalized spacial score (nSPS) is 14.9. The molecule has 3 aromatic carbocycles. The number of aliphatic hydroxyl groups excluding tert-OH is 1. The molecule has 8 heteroatoms. The zero-order valence-electron chi connectivity index (χ0n) is 30.2. The van der Waals surface area contributed by atoms with E-state index in [1.54, 1.807) is 18.2 Å². The molecule has 4 rings (SSSR count). The van der Waals surface area contributed by atoms with Crippen LogP contribution in [0.3, 0.4) is 0 Å². The van der Waals surface area contributed by atoms with E-state index in [-0.39, 0.29) is 35.7 Å². The van der Waals surface area contributed by atoms with Gasteiger partial charge in [-0.2, -0.15) is 0 Å². The smallest absolute Gasteiger partial charge is 0.186 e. The second-order valence-electron chi connectivity index (χ2n) is 13.6. The molecule has 0 aromatic heterocycles. The van der Waals surface area contributed by atoms with Gasteiger partial charge in [0, 0.05) is 12.6 Å². The summed E-state index contributed by atoms with van der Waals surface area (Å²) in [6, 6.07) is 22.5. The number of Topliss-reactive ketones (excluding diaryl/α,β-unsaturated/α-hetero) is 1. The Morgan fingerprint density at radius 1 is 0.941 bits per heavy atom. The van der Waals surface area contributed by atoms with Crippen molar-refractivity contribution in [1.82, 2.24) is 10.6 Å². The van der Waals surface area contributed by atoms with Crippen LogP contribution >= 0.6 is 0 Å². The molecule has 1 aliphatic heterocycles. The Balaban J connectivity index is 1.39. The number of nitrogens with one attached hydrogen (secondary N) is 2. The topological polar surface area (TPSA) is 134 Å². The summed E-state index contributed by atoms with van der Waals surface area (Å²) in [7, 11) is 1.96. The SMILES string of the molecule is CNC[C@H](C)CCCCCC(=O)CC(=O)/C=C/c1cc(OCO)c(O)cc1CC1=CNC(N)C=C1CCc1cccc(CCc2ccccc2)c1. The summed E-state index contributed by atoms with van der Waals surface area (Å²) in [5, 5.41) is 26.5. The molecule has 0 spiro atoms. The van der Waals surface area contributed by atoms with Crippen molar-refractivity contribution in [2.45, 2.75) is 83.7 Å². The summed E-state index contributed by atoms with van der Waals surface area (Å²) < 4.78 is 5.24. The van der Waals surface area contributed by atoms with Crippen LogP contribution in [0.25, 0.3) is 6.08 Å². The molecule has 3 aromatic rings. The van der Waals surface area contributed by atoms with Crippen LogP contribution in [-0.2, 0) is 35.3 Å². The van der Waals surface area contributed by atoms with Gasteiger partial charge in [-0.1, -0.05) is 80.4 Å². The molecule has 0 aliphatic carbocycles. The van der Waals surface area contributed by atoms with E-state index in [2.05, 4.69) is 66.1 Å². The number of aromatic hydroxyl groups is 1. The minimum Gasteiger partial charge on any atom is -0.504 e. The first-order chi connectivity index (χ1) is 24.7. The van der Waals surface area contributed by atoms with E-state index in [1.165, 1.54) is 22.8 Å². The van der Waals surface area contributed by atoms with Crippen LogP contribution in [0, 0.1) is 5.92 Å². The minimum atomic E-state index is -0.606. The van der Waals surface area contributed by atoms with Crippen LogP contribution in [0.2, 0.25) is 0 Å². The summed E-state index contributed by atoms with van der Waals surface area (Å²) in [6.07, 6.45) is 15.0. The number of unbranched alkanes of at least 4 members (excludes halogenated alkanes) is 2. The first kappa shape index (κ1) is 39.3. The fourth-order valence-electron chi connectivity index (χ4n) is 6.52. The lowest BCUT2D eigenvalue weighted by Crippen LogP contribution is -2.35. The summed E-state index contributed by atoms with van der Waals surface area (Å²) >= 11 is 0. The van der Waals surface area contributed by atoms with E-state index in [9.17, 15) is 19.8 Å². The predicted molar refractivity (Wildman–Crippen MR) is 205 cm³/mol. The van der Waals surface area contributed by atoms with Gasteiger partial charge in [0.2, 0.25) is 0 Å². The van der Waals surface area contributed by atoms with E-state index in [1.807, 2.05) is 25.4 Å². The van der Waals surface area contributed by atoms with Crippen molar-refractivity contribution in [3.63, 3.8) is 0 Å². The number of carbonyl (C=O) groups excluding carboxylic acids is 2.